The van der Waals surface area contributed by atoms with E-state index in [-0.39, 0.29) is 0 Å². The Morgan fingerprint density at radius 2 is 2.06 bits per heavy atom. The smallest absolute Gasteiger partial charge is 0.196 e. The maximum atomic E-state index is 5.80. The molecule has 0 amide bonds. The van der Waals surface area contributed by atoms with Crippen LogP contribution in [0.15, 0.2) is 4.42 Å². The Kier molecular flexibility index (Phi) is 3.16. The van der Waals surface area contributed by atoms with Crippen LogP contribution in [0.5, 0.6) is 0 Å². The largest absolute Gasteiger partial charge is 0.446 e. The van der Waals surface area contributed by atoms with E-state index in [2.05, 4.69) is 15.6 Å². The lowest BCUT2D eigenvalue weighted by Crippen LogP contribution is -2.23. The van der Waals surface area contributed by atoms with Gasteiger partial charge in [-0.1, -0.05) is 0 Å². The molecule has 3 rings (SSSR count). The molecular formula is C13H21N3O. The van der Waals surface area contributed by atoms with Gasteiger partial charge in [-0.15, -0.1) is 0 Å². The van der Waals surface area contributed by atoms with Crippen LogP contribution in [0.4, 0.5) is 0 Å². The van der Waals surface area contributed by atoms with Gasteiger partial charge in [0.25, 0.3) is 0 Å². The SMILES string of the molecule is Cc1oc(CC2CCCN2)nc1C1CCCN1. The zero-order valence-corrected chi connectivity index (χ0v) is 10.5. The minimum absolute atomic E-state index is 0.420. The highest BCUT2D eigenvalue weighted by Gasteiger charge is 2.24. The quantitative estimate of drug-likeness (QED) is 0.837. The number of oxazole rings is 1. The van der Waals surface area contributed by atoms with Gasteiger partial charge in [0.05, 0.1) is 11.7 Å². The number of nitrogens with zero attached hydrogens (tertiary/aromatic N) is 1. The lowest BCUT2D eigenvalue weighted by Gasteiger charge is -2.06. The van der Waals surface area contributed by atoms with Crippen molar-refractivity contribution in [1.82, 2.24) is 15.6 Å². The molecule has 2 atom stereocenters. The highest BCUT2D eigenvalue weighted by atomic mass is 16.4. The maximum absolute atomic E-state index is 5.80. The molecule has 2 N–H and O–H groups in total. The van der Waals surface area contributed by atoms with Gasteiger partial charge in [-0.25, -0.2) is 4.98 Å². The molecule has 0 aromatic carbocycles. The first-order valence-electron chi connectivity index (χ1n) is 6.76. The van der Waals surface area contributed by atoms with Gasteiger partial charge < -0.3 is 15.1 Å². The number of hydrogen-bond donors (Lipinski definition) is 2. The highest BCUT2D eigenvalue weighted by molar-refractivity contribution is 5.15. The summed E-state index contributed by atoms with van der Waals surface area (Å²) in [7, 11) is 0. The van der Waals surface area contributed by atoms with Crippen molar-refractivity contribution in [3.63, 3.8) is 0 Å². The van der Waals surface area contributed by atoms with Crippen molar-refractivity contribution < 1.29 is 4.42 Å². The van der Waals surface area contributed by atoms with E-state index < -0.39 is 0 Å². The lowest BCUT2D eigenvalue weighted by atomic mass is 10.1. The molecular weight excluding hydrogens is 214 g/mol. The van der Waals surface area contributed by atoms with Crippen molar-refractivity contribution in [2.45, 2.75) is 51.1 Å². The Morgan fingerprint density at radius 3 is 2.76 bits per heavy atom. The summed E-state index contributed by atoms with van der Waals surface area (Å²) >= 11 is 0. The van der Waals surface area contributed by atoms with Crippen LogP contribution in [0.1, 0.15) is 49.1 Å². The maximum Gasteiger partial charge on any atom is 0.196 e. The second kappa shape index (κ2) is 4.78. The van der Waals surface area contributed by atoms with Crippen LogP contribution in [-0.2, 0) is 6.42 Å². The average Bonchev–Trinajstić information content (AvgIpc) is 3.00. The third-order valence-corrected chi connectivity index (χ3v) is 3.85. The second-order valence-electron chi connectivity index (χ2n) is 5.20. The molecule has 0 bridgehead atoms. The molecule has 4 heteroatoms. The third-order valence-electron chi connectivity index (χ3n) is 3.85. The standard InChI is InChI=1S/C13H21N3O/c1-9-13(11-5-3-7-15-11)16-12(17-9)8-10-4-2-6-14-10/h10-11,14-15H,2-8H2,1H3. The van der Waals surface area contributed by atoms with Crippen LogP contribution >= 0.6 is 0 Å². The van der Waals surface area contributed by atoms with E-state index in [0.29, 0.717) is 12.1 Å². The normalized spacial score (nSPS) is 29.0. The molecule has 2 unspecified atom stereocenters. The van der Waals surface area contributed by atoms with Gasteiger partial charge in [-0.3, -0.25) is 0 Å². The summed E-state index contributed by atoms with van der Waals surface area (Å²) in [4.78, 5) is 4.69. The van der Waals surface area contributed by atoms with Gasteiger partial charge in [0.2, 0.25) is 0 Å². The highest BCUT2D eigenvalue weighted by Crippen LogP contribution is 2.26. The minimum Gasteiger partial charge on any atom is -0.446 e. The molecule has 3 heterocycles. The van der Waals surface area contributed by atoms with Crippen molar-refractivity contribution in [3.05, 3.63) is 17.3 Å². The Balaban J connectivity index is 1.70. The molecule has 4 nitrogen and oxygen atoms in total. The van der Waals surface area contributed by atoms with Crippen molar-refractivity contribution >= 4 is 0 Å². The molecule has 0 aliphatic carbocycles. The molecule has 94 valence electrons. The van der Waals surface area contributed by atoms with Crippen LogP contribution in [0, 0.1) is 6.92 Å². The third kappa shape index (κ3) is 2.38. The van der Waals surface area contributed by atoms with Gasteiger partial charge in [-0.05, 0) is 45.7 Å². The number of aryl methyl sites for hydroxylation is 1. The van der Waals surface area contributed by atoms with E-state index >= 15 is 0 Å². The van der Waals surface area contributed by atoms with Gasteiger partial charge in [0.15, 0.2) is 5.89 Å². The number of nitrogens with one attached hydrogen (secondary N) is 2. The van der Waals surface area contributed by atoms with Crippen LogP contribution < -0.4 is 10.6 Å². The van der Waals surface area contributed by atoms with E-state index in [1.165, 1.54) is 25.7 Å². The Labute approximate surface area is 102 Å². The summed E-state index contributed by atoms with van der Waals surface area (Å²) in [6, 6.07) is 0.987. The van der Waals surface area contributed by atoms with E-state index in [1.54, 1.807) is 0 Å². The molecule has 2 aliphatic rings. The molecule has 17 heavy (non-hydrogen) atoms. The predicted molar refractivity (Wildman–Crippen MR) is 65.9 cm³/mol. The van der Waals surface area contributed by atoms with Crippen LogP contribution in [0.25, 0.3) is 0 Å². The monoisotopic (exact) mass is 235 g/mol. The zero-order chi connectivity index (χ0) is 11.7. The van der Waals surface area contributed by atoms with E-state index in [9.17, 15) is 0 Å². The molecule has 0 radical (unpaired) electrons. The topological polar surface area (TPSA) is 50.1 Å². The molecule has 1 aromatic rings. The van der Waals surface area contributed by atoms with Crippen molar-refractivity contribution in [2.75, 3.05) is 13.1 Å². The number of rotatable bonds is 3. The Hall–Kier alpha value is -0.870. The summed E-state index contributed by atoms with van der Waals surface area (Å²) in [6.07, 6.45) is 5.90. The Bertz CT molecular complexity index is 376. The first-order valence-corrected chi connectivity index (χ1v) is 6.76. The predicted octanol–water partition coefficient (Wildman–Crippen LogP) is 1.70. The van der Waals surface area contributed by atoms with Crippen LogP contribution in [0.2, 0.25) is 0 Å². The fourth-order valence-electron chi connectivity index (χ4n) is 2.94. The van der Waals surface area contributed by atoms with Gasteiger partial charge in [0, 0.05) is 12.5 Å². The zero-order valence-electron chi connectivity index (χ0n) is 10.5. The first-order chi connectivity index (χ1) is 8.33. The van der Waals surface area contributed by atoms with Crippen LogP contribution in [0.3, 0.4) is 0 Å². The first kappa shape index (κ1) is 11.2. The van der Waals surface area contributed by atoms with E-state index in [4.69, 9.17) is 4.42 Å². The average molecular weight is 235 g/mol. The molecule has 0 spiro atoms. The summed E-state index contributed by atoms with van der Waals surface area (Å²) in [5.74, 6) is 1.91. The molecule has 2 fully saturated rings. The van der Waals surface area contributed by atoms with Crippen LogP contribution in [-0.4, -0.2) is 24.1 Å². The van der Waals surface area contributed by atoms with Gasteiger partial charge in [0.1, 0.15) is 5.76 Å². The molecule has 2 aliphatic heterocycles. The summed E-state index contributed by atoms with van der Waals surface area (Å²) in [6.45, 7) is 4.28. The molecule has 0 saturated carbocycles. The summed E-state index contributed by atoms with van der Waals surface area (Å²) in [5.41, 5.74) is 1.13. The lowest BCUT2D eigenvalue weighted by molar-refractivity contribution is 0.438. The summed E-state index contributed by atoms with van der Waals surface area (Å²) < 4.78 is 5.80. The van der Waals surface area contributed by atoms with E-state index in [1.807, 2.05) is 6.92 Å². The van der Waals surface area contributed by atoms with Crippen molar-refractivity contribution in [3.8, 4) is 0 Å². The minimum atomic E-state index is 0.420. The van der Waals surface area contributed by atoms with Gasteiger partial charge in [-0.2, -0.15) is 0 Å². The number of aromatic nitrogens is 1. The summed E-state index contributed by atoms with van der Waals surface area (Å²) in [5, 5.41) is 6.97. The fraction of sp³-hybridized carbons (Fsp3) is 0.769. The molecule has 1 aromatic heterocycles. The fourth-order valence-corrected chi connectivity index (χ4v) is 2.94. The van der Waals surface area contributed by atoms with E-state index in [0.717, 1.165) is 36.9 Å². The van der Waals surface area contributed by atoms with Crippen molar-refractivity contribution in [2.24, 2.45) is 0 Å². The van der Waals surface area contributed by atoms with Crippen molar-refractivity contribution in [1.29, 1.82) is 0 Å². The second-order valence-corrected chi connectivity index (χ2v) is 5.20. The molecule has 2 saturated heterocycles. The van der Waals surface area contributed by atoms with Gasteiger partial charge >= 0.3 is 0 Å². The number of hydrogen-bond acceptors (Lipinski definition) is 4. The Morgan fingerprint density at radius 1 is 1.24 bits per heavy atom.